The van der Waals surface area contributed by atoms with Crippen LogP contribution in [-0.4, -0.2) is 35.9 Å². The fraction of sp³-hybridized carbons (Fsp3) is 0.273. The Morgan fingerprint density at radius 3 is 2.42 bits per heavy atom. The average Bonchev–Trinajstić information content (AvgIpc) is 3.14. The number of nitrogens with zero attached hydrogens (tertiary/aromatic N) is 4. The molecule has 0 fully saturated rings. The Kier molecular flexibility index (Phi) is 5.33. The van der Waals surface area contributed by atoms with Crippen molar-refractivity contribution >= 4 is 17.4 Å². The van der Waals surface area contributed by atoms with Crippen molar-refractivity contribution in [1.29, 1.82) is 0 Å². The number of aromatic nitrogens is 1. The Hall–Kier alpha value is -3.88. The Bertz CT molecular complexity index is 1150. The third-order valence-corrected chi connectivity index (χ3v) is 5.16. The van der Waals surface area contributed by atoms with Crippen molar-refractivity contribution in [3.05, 3.63) is 75.2 Å². The number of nitro benzene ring substituents is 1. The SMILES string of the molecule is COc1cc2c(cc1OC)C(c1ccc([N+](=O)[O-])cc1)=NN(c1ncc(C)o1)C(C)C2. The molecule has 9 nitrogen and oxygen atoms in total. The highest BCUT2D eigenvalue weighted by Gasteiger charge is 2.28. The molecule has 0 spiro atoms. The molecule has 0 saturated carbocycles. The highest BCUT2D eigenvalue weighted by Crippen LogP contribution is 2.35. The van der Waals surface area contributed by atoms with E-state index < -0.39 is 4.92 Å². The maximum absolute atomic E-state index is 11.1. The van der Waals surface area contributed by atoms with Crippen molar-refractivity contribution in [2.45, 2.75) is 26.3 Å². The van der Waals surface area contributed by atoms with E-state index in [1.54, 1.807) is 37.6 Å². The lowest BCUT2D eigenvalue weighted by molar-refractivity contribution is -0.384. The molecule has 1 aliphatic heterocycles. The number of hydrogen-bond donors (Lipinski definition) is 0. The van der Waals surface area contributed by atoms with E-state index in [2.05, 4.69) is 4.98 Å². The summed E-state index contributed by atoms with van der Waals surface area (Å²) in [7, 11) is 3.17. The van der Waals surface area contributed by atoms with Gasteiger partial charge in [-0.15, -0.1) is 0 Å². The fourth-order valence-corrected chi connectivity index (χ4v) is 3.61. The first-order valence-corrected chi connectivity index (χ1v) is 9.71. The Labute approximate surface area is 179 Å². The minimum Gasteiger partial charge on any atom is -0.493 e. The van der Waals surface area contributed by atoms with Gasteiger partial charge in [-0.3, -0.25) is 10.1 Å². The topological polar surface area (TPSA) is 103 Å². The number of rotatable bonds is 5. The van der Waals surface area contributed by atoms with E-state index in [1.165, 1.54) is 12.1 Å². The number of hydrogen-bond acceptors (Lipinski definition) is 8. The van der Waals surface area contributed by atoms with E-state index in [0.29, 0.717) is 35.4 Å². The van der Waals surface area contributed by atoms with E-state index in [0.717, 1.165) is 16.7 Å². The van der Waals surface area contributed by atoms with Gasteiger partial charge in [-0.05, 0) is 50.1 Å². The van der Waals surface area contributed by atoms with E-state index in [4.69, 9.17) is 19.0 Å². The molecule has 0 bridgehead atoms. The van der Waals surface area contributed by atoms with Crippen LogP contribution in [-0.2, 0) is 6.42 Å². The Morgan fingerprint density at radius 2 is 1.84 bits per heavy atom. The van der Waals surface area contributed by atoms with Gasteiger partial charge in [-0.1, -0.05) is 0 Å². The van der Waals surface area contributed by atoms with Gasteiger partial charge in [0.15, 0.2) is 11.5 Å². The van der Waals surface area contributed by atoms with Gasteiger partial charge < -0.3 is 13.9 Å². The van der Waals surface area contributed by atoms with Crippen LogP contribution in [0.25, 0.3) is 0 Å². The first kappa shape index (κ1) is 20.4. The van der Waals surface area contributed by atoms with Gasteiger partial charge in [0.2, 0.25) is 0 Å². The second kappa shape index (κ2) is 8.10. The number of benzene rings is 2. The van der Waals surface area contributed by atoms with Gasteiger partial charge in [0, 0.05) is 23.3 Å². The largest absolute Gasteiger partial charge is 0.493 e. The summed E-state index contributed by atoms with van der Waals surface area (Å²) >= 11 is 0. The van der Waals surface area contributed by atoms with Gasteiger partial charge in [-0.2, -0.15) is 5.10 Å². The van der Waals surface area contributed by atoms with Crippen LogP contribution in [0.4, 0.5) is 11.7 Å². The minimum absolute atomic E-state index is 0.0130. The number of hydrazone groups is 1. The normalized spacial score (nSPS) is 15.7. The molecule has 2 heterocycles. The molecule has 4 rings (SSSR count). The summed E-state index contributed by atoms with van der Waals surface area (Å²) in [6.45, 7) is 3.85. The van der Waals surface area contributed by atoms with Gasteiger partial charge in [0.1, 0.15) is 5.76 Å². The van der Waals surface area contributed by atoms with Crippen molar-refractivity contribution in [1.82, 2.24) is 4.98 Å². The molecular weight excluding hydrogens is 400 g/mol. The van der Waals surface area contributed by atoms with Crippen LogP contribution in [0.5, 0.6) is 11.5 Å². The summed E-state index contributed by atoms with van der Waals surface area (Å²) in [5.74, 6) is 1.88. The summed E-state index contributed by atoms with van der Waals surface area (Å²) in [6, 6.07) is 10.4. The summed E-state index contributed by atoms with van der Waals surface area (Å²) in [5, 5.41) is 17.7. The highest BCUT2D eigenvalue weighted by molar-refractivity contribution is 6.14. The first-order chi connectivity index (χ1) is 14.9. The van der Waals surface area contributed by atoms with Gasteiger partial charge in [0.25, 0.3) is 5.69 Å². The molecule has 3 aromatic rings. The molecule has 0 saturated heterocycles. The lowest BCUT2D eigenvalue weighted by Crippen LogP contribution is -2.29. The first-order valence-electron chi connectivity index (χ1n) is 9.71. The highest BCUT2D eigenvalue weighted by atomic mass is 16.6. The fourth-order valence-electron chi connectivity index (χ4n) is 3.61. The predicted molar refractivity (Wildman–Crippen MR) is 115 cm³/mol. The summed E-state index contributed by atoms with van der Waals surface area (Å²) in [4.78, 5) is 15.0. The average molecular weight is 422 g/mol. The molecule has 1 aliphatic rings. The van der Waals surface area contributed by atoms with Crippen molar-refractivity contribution in [2.24, 2.45) is 5.10 Å². The number of fused-ring (bicyclic) bond motifs is 1. The number of ether oxygens (including phenoxy) is 2. The molecule has 31 heavy (non-hydrogen) atoms. The lowest BCUT2D eigenvalue weighted by Gasteiger charge is -2.21. The Balaban J connectivity index is 1.92. The van der Waals surface area contributed by atoms with Crippen LogP contribution in [0.15, 0.2) is 52.1 Å². The van der Waals surface area contributed by atoms with Crippen LogP contribution in [0.1, 0.15) is 29.4 Å². The maximum Gasteiger partial charge on any atom is 0.318 e. The van der Waals surface area contributed by atoms with Crippen LogP contribution >= 0.6 is 0 Å². The van der Waals surface area contributed by atoms with Gasteiger partial charge in [0.05, 0.1) is 37.1 Å². The Morgan fingerprint density at radius 1 is 1.16 bits per heavy atom. The summed E-state index contributed by atoms with van der Waals surface area (Å²) in [5.41, 5.74) is 3.23. The smallest absolute Gasteiger partial charge is 0.318 e. The summed E-state index contributed by atoms with van der Waals surface area (Å²) < 4.78 is 16.7. The van der Waals surface area contributed by atoms with E-state index >= 15 is 0 Å². The number of non-ortho nitro benzene ring substituents is 1. The third kappa shape index (κ3) is 3.81. The third-order valence-electron chi connectivity index (χ3n) is 5.16. The lowest BCUT2D eigenvalue weighted by atomic mass is 9.94. The van der Waals surface area contributed by atoms with Crippen LogP contribution in [0, 0.1) is 17.0 Å². The number of methoxy groups -OCH3 is 2. The zero-order chi connectivity index (χ0) is 22.1. The molecule has 2 aromatic carbocycles. The molecule has 0 amide bonds. The summed E-state index contributed by atoms with van der Waals surface area (Å²) in [6.07, 6.45) is 2.30. The zero-order valence-electron chi connectivity index (χ0n) is 17.7. The number of aryl methyl sites for hydroxylation is 1. The second-order valence-corrected chi connectivity index (χ2v) is 7.27. The number of nitro groups is 1. The standard InChI is InChI=1S/C22H22N4O5/c1-13-9-16-10-19(29-3)20(30-4)11-18(16)21(15-5-7-17(8-6-15)26(27)28)24-25(13)22-23-12-14(2)31-22/h5-8,10-13H,9H2,1-4H3. The van der Waals surface area contributed by atoms with Crippen molar-refractivity contribution < 1.29 is 18.8 Å². The predicted octanol–water partition coefficient (Wildman–Crippen LogP) is 4.11. The molecule has 160 valence electrons. The molecule has 0 radical (unpaired) electrons. The molecule has 9 heteroatoms. The minimum atomic E-state index is -0.426. The van der Waals surface area contributed by atoms with E-state index in [9.17, 15) is 10.1 Å². The van der Waals surface area contributed by atoms with Crippen molar-refractivity contribution in [2.75, 3.05) is 19.2 Å². The molecule has 1 aromatic heterocycles. The van der Waals surface area contributed by atoms with Crippen molar-refractivity contribution in [3.8, 4) is 11.5 Å². The number of oxazole rings is 1. The van der Waals surface area contributed by atoms with Crippen molar-refractivity contribution in [3.63, 3.8) is 0 Å². The monoisotopic (exact) mass is 422 g/mol. The van der Waals surface area contributed by atoms with Crippen LogP contribution in [0.3, 0.4) is 0 Å². The molecule has 1 atom stereocenters. The molecule has 1 unspecified atom stereocenters. The van der Waals surface area contributed by atoms with Crippen LogP contribution in [0.2, 0.25) is 0 Å². The maximum atomic E-state index is 11.1. The second-order valence-electron chi connectivity index (χ2n) is 7.27. The van der Waals surface area contributed by atoms with Gasteiger partial charge >= 0.3 is 6.01 Å². The van der Waals surface area contributed by atoms with Crippen LogP contribution < -0.4 is 14.5 Å². The zero-order valence-corrected chi connectivity index (χ0v) is 17.7. The quantitative estimate of drug-likeness (QED) is 0.450. The number of anilines is 1. The van der Waals surface area contributed by atoms with E-state index in [-0.39, 0.29) is 11.7 Å². The molecule has 0 aliphatic carbocycles. The van der Waals surface area contributed by atoms with Gasteiger partial charge in [-0.25, -0.2) is 9.99 Å². The van der Waals surface area contributed by atoms with E-state index in [1.807, 2.05) is 26.0 Å². The molecule has 0 N–H and O–H groups in total. The molecular formula is C22H22N4O5.